The van der Waals surface area contributed by atoms with E-state index < -0.39 is 26.7 Å². The Hall–Kier alpha value is -1.12. The summed E-state index contributed by atoms with van der Waals surface area (Å²) in [6.07, 6.45) is -0.134. The quantitative estimate of drug-likeness (QED) is 0.749. The average Bonchev–Trinajstić information content (AvgIpc) is 2.67. The van der Waals surface area contributed by atoms with Crippen LogP contribution in [0.5, 0.6) is 0 Å². The summed E-state index contributed by atoms with van der Waals surface area (Å²) < 4.78 is 68.9. The number of halogens is 3. The SMILES string of the molecule is CC[C@@H]1[C@H]2CCCN3CCC[C@@H](CN1S(=O)(=O)c1ccccc1C(F)(F)F)[C@@H]23. The van der Waals surface area contributed by atoms with E-state index >= 15 is 0 Å². The van der Waals surface area contributed by atoms with Crippen molar-refractivity contribution in [1.82, 2.24) is 9.21 Å². The predicted molar refractivity (Wildman–Crippen MR) is 100 cm³/mol. The Kier molecular flexibility index (Phi) is 5.25. The Morgan fingerprint density at radius 2 is 1.79 bits per heavy atom. The van der Waals surface area contributed by atoms with Crippen molar-refractivity contribution in [3.05, 3.63) is 29.8 Å². The maximum Gasteiger partial charge on any atom is 0.417 e. The number of nitrogens with zero attached hydrogens (tertiary/aromatic N) is 2. The number of piperidine rings is 3. The van der Waals surface area contributed by atoms with Gasteiger partial charge < -0.3 is 0 Å². The molecule has 156 valence electrons. The minimum atomic E-state index is -4.70. The van der Waals surface area contributed by atoms with Crippen LogP contribution in [0.1, 0.15) is 44.6 Å². The molecule has 4 rings (SSSR count). The largest absolute Gasteiger partial charge is 0.417 e. The van der Waals surface area contributed by atoms with Crippen molar-refractivity contribution in [2.24, 2.45) is 11.8 Å². The lowest BCUT2D eigenvalue weighted by Gasteiger charge is -2.57. The minimum absolute atomic E-state index is 0.200. The molecule has 4 atom stereocenters. The smallest absolute Gasteiger partial charge is 0.300 e. The van der Waals surface area contributed by atoms with E-state index in [-0.39, 0.29) is 17.9 Å². The standard InChI is InChI=1S/C20H27F3N2O2S/c1-2-17-15-8-6-12-24-11-5-7-14(19(15)24)13-25(17)28(26,27)18-10-4-3-9-16(18)20(21,22)23/h3-4,9-10,14-15,17,19H,2,5-8,11-13H2,1H3/t14-,15+,17+,19-/m0/s1. The molecule has 0 aliphatic carbocycles. The summed E-state index contributed by atoms with van der Waals surface area (Å²) in [7, 11) is -4.23. The van der Waals surface area contributed by atoms with Crippen LogP contribution in [0, 0.1) is 11.8 Å². The van der Waals surface area contributed by atoms with E-state index in [4.69, 9.17) is 0 Å². The fraction of sp³-hybridized carbons (Fsp3) is 0.700. The van der Waals surface area contributed by atoms with Crippen molar-refractivity contribution in [2.75, 3.05) is 19.6 Å². The molecular weight excluding hydrogens is 389 g/mol. The van der Waals surface area contributed by atoms with Crippen LogP contribution in [0.4, 0.5) is 13.2 Å². The van der Waals surface area contributed by atoms with E-state index in [2.05, 4.69) is 4.90 Å². The first-order chi connectivity index (χ1) is 13.2. The number of benzene rings is 1. The van der Waals surface area contributed by atoms with Gasteiger partial charge in [-0.15, -0.1) is 0 Å². The number of hydrogen-bond acceptors (Lipinski definition) is 3. The molecule has 3 fully saturated rings. The van der Waals surface area contributed by atoms with Crippen LogP contribution in [0.2, 0.25) is 0 Å². The second-order valence-electron chi connectivity index (χ2n) is 8.28. The van der Waals surface area contributed by atoms with E-state index in [0.29, 0.717) is 19.0 Å². The molecule has 0 unspecified atom stereocenters. The highest BCUT2D eigenvalue weighted by Crippen LogP contribution is 2.45. The van der Waals surface area contributed by atoms with Gasteiger partial charge in [0.15, 0.2) is 0 Å². The third-order valence-corrected chi connectivity index (χ3v) is 8.77. The number of alkyl halides is 3. The normalized spacial score (nSPS) is 32.1. The first kappa shape index (κ1) is 20.2. The predicted octanol–water partition coefficient (Wildman–Crippen LogP) is 3.98. The summed E-state index contributed by atoms with van der Waals surface area (Å²) in [5.74, 6) is 0.403. The zero-order chi connectivity index (χ0) is 20.1. The monoisotopic (exact) mass is 416 g/mol. The Labute approximate surface area is 164 Å². The highest BCUT2D eigenvalue weighted by atomic mass is 32.2. The van der Waals surface area contributed by atoms with Gasteiger partial charge in [-0.05, 0) is 69.2 Å². The molecule has 0 spiro atoms. The van der Waals surface area contributed by atoms with Crippen LogP contribution in [0.3, 0.4) is 0 Å². The van der Waals surface area contributed by atoms with Gasteiger partial charge in [-0.1, -0.05) is 19.1 Å². The zero-order valence-corrected chi connectivity index (χ0v) is 16.8. The molecule has 0 saturated carbocycles. The molecule has 0 N–H and O–H groups in total. The van der Waals surface area contributed by atoms with Gasteiger partial charge in [0.25, 0.3) is 0 Å². The molecule has 3 aliphatic rings. The molecule has 0 amide bonds. The summed E-state index contributed by atoms with van der Waals surface area (Å²) in [6, 6.07) is 4.71. The molecule has 0 aromatic heterocycles. The number of sulfonamides is 1. The molecule has 4 nitrogen and oxygen atoms in total. The van der Waals surface area contributed by atoms with Gasteiger partial charge >= 0.3 is 6.18 Å². The molecule has 3 aliphatic heterocycles. The van der Waals surface area contributed by atoms with Crippen molar-refractivity contribution in [1.29, 1.82) is 0 Å². The maximum absolute atomic E-state index is 13.5. The molecule has 0 radical (unpaired) electrons. The van der Waals surface area contributed by atoms with Gasteiger partial charge in [-0.3, -0.25) is 4.90 Å². The van der Waals surface area contributed by atoms with E-state index in [1.807, 2.05) is 6.92 Å². The summed E-state index contributed by atoms with van der Waals surface area (Å²) in [5.41, 5.74) is -1.07. The molecule has 3 saturated heterocycles. The Morgan fingerprint density at radius 3 is 2.46 bits per heavy atom. The summed E-state index contributed by atoms with van der Waals surface area (Å²) in [5, 5.41) is 0. The average molecular weight is 417 g/mol. The van der Waals surface area contributed by atoms with Crippen molar-refractivity contribution in [3.8, 4) is 0 Å². The van der Waals surface area contributed by atoms with Crippen LogP contribution >= 0.6 is 0 Å². The third-order valence-electron chi connectivity index (χ3n) is 6.82. The fourth-order valence-electron chi connectivity index (χ4n) is 5.79. The van der Waals surface area contributed by atoms with Crippen molar-refractivity contribution < 1.29 is 21.6 Å². The van der Waals surface area contributed by atoms with E-state index in [1.54, 1.807) is 0 Å². The Balaban J connectivity index is 1.76. The van der Waals surface area contributed by atoms with E-state index in [0.717, 1.165) is 50.9 Å². The van der Waals surface area contributed by atoms with Crippen molar-refractivity contribution in [3.63, 3.8) is 0 Å². The molecule has 8 heteroatoms. The van der Waals surface area contributed by atoms with Crippen LogP contribution < -0.4 is 0 Å². The highest BCUT2D eigenvalue weighted by molar-refractivity contribution is 7.89. The van der Waals surface area contributed by atoms with Crippen LogP contribution in [0.25, 0.3) is 0 Å². The van der Waals surface area contributed by atoms with Crippen molar-refractivity contribution >= 4 is 10.0 Å². The first-order valence-electron chi connectivity index (χ1n) is 10.2. The summed E-state index contributed by atoms with van der Waals surface area (Å²) >= 11 is 0. The van der Waals surface area contributed by atoms with Gasteiger partial charge in [-0.25, -0.2) is 8.42 Å². The van der Waals surface area contributed by atoms with Gasteiger partial charge in [0.1, 0.15) is 0 Å². The van der Waals surface area contributed by atoms with Crippen LogP contribution in [-0.2, 0) is 16.2 Å². The molecule has 28 heavy (non-hydrogen) atoms. The second kappa shape index (κ2) is 7.29. The number of rotatable bonds is 3. The lowest BCUT2D eigenvalue weighted by molar-refractivity contribution is -0.140. The second-order valence-corrected chi connectivity index (χ2v) is 10.1. The molecule has 1 aromatic rings. The molecule has 1 aromatic carbocycles. The first-order valence-corrected chi connectivity index (χ1v) is 11.6. The minimum Gasteiger partial charge on any atom is -0.300 e. The highest BCUT2D eigenvalue weighted by Gasteiger charge is 2.52. The fourth-order valence-corrected chi connectivity index (χ4v) is 7.81. The Morgan fingerprint density at radius 1 is 1.11 bits per heavy atom. The van der Waals surface area contributed by atoms with Gasteiger partial charge in [0.05, 0.1) is 10.5 Å². The van der Waals surface area contributed by atoms with Gasteiger partial charge in [0.2, 0.25) is 10.0 Å². The van der Waals surface area contributed by atoms with Gasteiger partial charge in [-0.2, -0.15) is 17.5 Å². The summed E-state index contributed by atoms with van der Waals surface area (Å²) in [4.78, 5) is 1.89. The summed E-state index contributed by atoms with van der Waals surface area (Å²) in [6.45, 7) is 4.38. The lowest BCUT2D eigenvalue weighted by Crippen LogP contribution is -2.65. The maximum atomic E-state index is 13.5. The molecule has 0 bridgehead atoms. The van der Waals surface area contributed by atoms with Crippen molar-refractivity contribution in [2.45, 2.75) is 62.2 Å². The molecular formula is C20H27F3N2O2S. The van der Waals surface area contributed by atoms with E-state index in [9.17, 15) is 21.6 Å². The van der Waals surface area contributed by atoms with Gasteiger partial charge in [0, 0.05) is 18.6 Å². The lowest BCUT2D eigenvalue weighted by atomic mass is 9.70. The number of hydrogen-bond donors (Lipinski definition) is 0. The van der Waals surface area contributed by atoms with Crippen LogP contribution in [-0.4, -0.2) is 49.3 Å². The van der Waals surface area contributed by atoms with E-state index in [1.165, 1.54) is 16.4 Å². The topological polar surface area (TPSA) is 40.6 Å². The molecule has 3 heterocycles. The third kappa shape index (κ3) is 3.27. The Bertz CT molecular complexity index is 825. The van der Waals surface area contributed by atoms with Crippen LogP contribution in [0.15, 0.2) is 29.2 Å². The zero-order valence-electron chi connectivity index (χ0n) is 16.0.